The van der Waals surface area contributed by atoms with Crippen LogP contribution >= 0.6 is 0 Å². The molecule has 7 heteroatoms. The number of amides is 2. The summed E-state index contributed by atoms with van der Waals surface area (Å²) in [5.74, 6) is 0.202. The highest BCUT2D eigenvalue weighted by molar-refractivity contribution is 5.74. The molecule has 2 amide bonds. The number of hydrogen-bond acceptors (Lipinski definition) is 4. The zero-order valence-electron chi connectivity index (χ0n) is 13.9. The Morgan fingerprint density at radius 2 is 2.20 bits per heavy atom. The fourth-order valence-corrected chi connectivity index (χ4v) is 2.74. The first-order chi connectivity index (χ1) is 12.2. The van der Waals surface area contributed by atoms with Crippen LogP contribution in [-0.2, 0) is 11.3 Å². The highest BCUT2D eigenvalue weighted by Gasteiger charge is 2.25. The average Bonchev–Trinajstić information content (AvgIpc) is 2.67. The molecule has 0 unspecified atom stereocenters. The van der Waals surface area contributed by atoms with Gasteiger partial charge in [0.05, 0.1) is 20.3 Å². The van der Waals surface area contributed by atoms with Crippen LogP contribution in [0.15, 0.2) is 42.6 Å². The summed E-state index contributed by atoms with van der Waals surface area (Å²) in [6.45, 7) is 1.69. The maximum absolute atomic E-state index is 13.1. The standard InChI is InChI=1S/C18H20FN3O3/c1-24-17-14(3-2-8-20-17)11-21-18(23)22-9-10-25-16(12-22)13-4-6-15(19)7-5-13/h2-8,16H,9-12H2,1H3,(H,21,23)/t16-/m1/s1. The molecule has 2 heterocycles. The predicted molar refractivity (Wildman–Crippen MR) is 89.7 cm³/mol. The number of pyridine rings is 1. The Labute approximate surface area is 145 Å². The number of nitrogens with one attached hydrogen (secondary N) is 1. The monoisotopic (exact) mass is 345 g/mol. The van der Waals surface area contributed by atoms with Gasteiger partial charge in [0.15, 0.2) is 0 Å². The second-order valence-corrected chi connectivity index (χ2v) is 5.69. The van der Waals surface area contributed by atoms with E-state index >= 15 is 0 Å². The first-order valence-electron chi connectivity index (χ1n) is 8.05. The normalized spacial score (nSPS) is 17.2. The van der Waals surface area contributed by atoms with Gasteiger partial charge in [0, 0.05) is 24.8 Å². The number of hydrogen-bond donors (Lipinski definition) is 1. The minimum absolute atomic E-state index is 0.179. The first kappa shape index (κ1) is 17.2. The molecule has 0 spiro atoms. The number of benzene rings is 1. The number of aromatic nitrogens is 1. The van der Waals surface area contributed by atoms with Crippen LogP contribution < -0.4 is 10.1 Å². The van der Waals surface area contributed by atoms with Crippen molar-refractivity contribution in [3.8, 4) is 5.88 Å². The third kappa shape index (κ3) is 4.24. The molecule has 2 aromatic rings. The molecule has 3 rings (SSSR count). The fourth-order valence-electron chi connectivity index (χ4n) is 2.74. The van der Waals surface area contributed by atoms with E-state index in [9.17, 15) is 9.18 Å². The van der Waals surface area contributed by atoms with Crippen molar-refractivity contribution >= 4 is 6.03 Å². The van der Waals surface area contributed by atoms with Gasteiger partial charge in [0.2, 0.25) is 5.88 Å². The van der Waals surface area contributed by atoms with E-state index in [1.807, 2.05) is 6.07 Å². The second-order valence-electron chi connectivity index (χ2n) is 5.69. The van der Waals surface area contributed by atoms with Crippen molar-refractivity contribution in [2.75, 3.05) is 26.8 Å². The predicted octanol–water partition coefficient (Wildman–Crippen LogP) is 2.51. The molecule has 1 saturated heterocycles. The molecule has 1 aliphatic rings. The molecule has 1 fully saturated rings. The van der Waals surface area contributed by atoms with Crippen LogP contribution in [0.25, 0.3) is 0 Å². The molecule has 1 aliphatic heterocycles. The zero-order chi connectivity index (χ0) is 17.6. The van der Waals surface area contributed by atoms with E-state index in [0.29, 0.717) is 32.1 Å². The molecule has 1 aromatic heterocycles. The highest BCUT2D eigenvalue weighted by Crippen LogP contribution is 2.22. The van der Waals surface area contributed by atoms with Crippen LogP contribution in [0.3, 0.4) is 0 Å². The Morgan fingerprint density at radius 3 is 2.96 bits per heavy atom. The Kier molecular flexibility index (Phi) is 5.45. The van der Waals surface area contributed by atoms with Gasteiger partial charge in [0.25, 0.3) is 0 Å². The van der Waals surface area contributed by atoms with Crippen molar-refractivity contribution < 1.29 is 18.7 Å². The molecule has 0 aliphatic carbocycles. The third-order valence-corrected chi connectivity index (χ3v) is 4.07. The van der Waals surface area contributed by atoms with Gasteiger partial charge in [-0.05, 0) is 23.8 Å². The number of carbonyl (C=O) groups excluding carboxylic acids is 1. The maximum Gasteiger partial charge on any atom is 0.317 e. The number of methoxy groups -OCH3 is 1. The van der Waals surface area contributed by atoms with Crippen molar-refractivity contribution in [2.45, 2.75) is 12.6 Å². The quantitative estimate of drug-likeness (QED) is 0.925. The Morgan fingerprint density at radius 1 is 1.40 bits per heavy atom. The molecule has 6 nitrogen and oxygen atoms in total. The number of urea groups is 1. The van der Waals surface area contributed by atoms with Gasteiger partial charge in [-0.3, -0.25) is 0 Å². The summed E-state index contributed by atoms with van der Waals surface area (Å²) in [6.07, 6.45) is 1.38. The Balaban J connectivity index is 1.59. The molecule has 25 heavy (non-hydrogen) atoms. The molecular weight excluding hydrogens is 325 g/mol. The molecule has 0 bridgehead atoms. The lowest BCUT2D eigenvalue weighted by Gasteiger charge is -2.33. The SMILES string of the molecule is COc1ncccc1CNC(=O)N1CCO[C@@H](c2ccc(F)cc2)C1. The van der Waals surface area contributed by atoms with Gasteiger partial charge < -0.3 is 19.7 Å². The van der Waals surface area contributed by atoms with E-state index in [1.165, 1.54) is 12.1 Å². The number of rotatable bonds is 4. The van der Waals surface area contributed by atoms with Crippen molar-refractivity contribution in [1.29, 1.82) is 0 Å². The van der Waals surface area contributed by atoms with E-state index < -0.39 is 0 Å². The number of carbonyl (C=O) groups is 1. The number of morpholine rings is 1. The molecule has 0 saturated carbocycles. The molecule has 1 aromatic carbocycles. The Bertz CT molecular complexity index is 724. The summed E-state index contributed by atoms with van der Waals surface area (Å²) in [6, 6.07) is 9.62. The molecule has 1 N–H and O–H groups in total. The van der Waals surface area contributed by atoms with Crippen LogP contribution in [-0.4, -0.2) is 42.7 Å². The largest absolute Gasteiger partial charge is 0.481 e. The van der Waals surface area contributed by atoms with Crippen molar-refractivity contribution in [2.24, 2.45) is 0 Å². The number of nitrogens with zero attached hydrogens (tertiary/aromatic N) is 2. The van der Waals surface area contributed by atoms with E-state index in [0.717, 1.165) is 11.1 Å². The van der Waals surface area contributed by atoms with Gasteiger partial charge in [-0.15, -0.1) is 0 Å². The maximum atomic E-state index is 13.1. The van der Waals surface area contributed by atoms with Crippen molar-refractivity contribution in [3.05, 3.63) is 59.5 Å². The van der Waals surface area contributed by atoms with Crippen LogP contribution in [0.1, 0.15) is 17.2 Å². The summed E-state index contributed by atoms with van der Waals surface area (Å²) in [5.41, 5.74) is 1.66. The fraction of sp³-hybridized carbons (Fsp3) is 0.333. The molecular formula is C18H20FN3O3. The smallest absolute Gasteiger partial charge is 0.317 e. The Hall–Kier alpha value is -2.67. The van der Waals surface area contributed by atoms with E-state index in [2.05, 4.69) is 10.3 Å². The highest BCUT2D eigenvalue weighted by atomic mass is 19.1. The minimum Gasteiger partial charge on any atom is -0.481 e. The van der Waals surface area contributed by atoms with Crippen LogP contribution in [0.2, 0.25) is 0 Å². The topological polar surface area (TPSA) is 63.7 Å². The van der Waals surface area contributed by atoms with Crippen molar-refractivity contribution in [3.63, 3.8) is 0 Å². The first-order valence-corrected chi connectivity index (χ1v) is 8.05. The van der Waals surface area contributed by atoms with Gasteiger partial charge in [-0.2, -0.15) is 0 Å². The zero-order valence-corrected chi connectivity index (χ0v) is 13.9. The van der Waals surface area contributed by atoms with Crippen LogP contribution in [0, 0.1) is 5.82 Å². The van der Waals surface area contributed by atoms with Gasteiger partial charge in [-0.1, -0.05) is 18.2 Å². The molecule has 0 radical (unpaired) electrons. The van der Waals surface area contributed by atoms with Gasteiger partial charge in [0.1, 0.15) is 11.9 Å². The second kappa shape index (κ2) is 7.94. The van der Waals surface area contributed by atoms with Crippen molar-refractivity contribution in [1.82, 2.24) is 15.2 Å². The molecule has 1 atom stereocenters. The minimum atomic E-state index is -0.292. The summed E-state index contributed by atoms with van der Waals surface area (Å²) >= 11 is 0. The van der Waals surface area contributed by atoms with Gasteiger partial charge >= 0.3 is 6.03 Å². The van der Waals surface area contributed by atoms with E-state index in [1.54, 1.807) is 36.4 Å². The molecule has 132 valence electrons. The summed E-state index contributed by atoms with van der Waals surface area (Å²) < 4.78 is 23.9. The lowest BCUT2D eigenvalue weighted by molar-refractivity contribution is -0.0155. The summed E-state index contributed by atoms with van der Waals surface area (Å²) in [5, 5.41) is 2.88. The average molecular weight is 345 g/mol. The van der Waals surface area contributed by atoms with Crippen LogP contribution in [0.4, 0.5) is 9.18 Å². The lowest BCUT2D eigenvalue weighted by atomic mass is 10.1. The summed E-state index contributed by atoms with van der Waals surface area (Å²) in [7, 11) is 1.54. The van der Waals surface area contributed by atoms with E-state index in [-0.39, 0.29) is 18.0 Å². The number of ether oxygens (including phenoxy) is 2. The van der Waals surface area contributed by atoms with Gasteiger partial charge in [-0.25, -0.2) is 14.2 Å². The van der Waals surface area contributed by atoms with E-state index in [4.69, 9.17) is 9.47 Å². The lowest BCUT2D eigenvalue weighted by Crippen LogP contribution is -2.47. The summed E-state index contributed by atoms with van der Waals surface area (Å²) in [4.78, 5) is 18.2. The van der Waals surface area contributed by atoms with Crippen LogP contribution in [0.5, 0.6) is 5.88 Å². The third-order valence-electron chi connectivity index (χ3n) is 4.07. The number of halogens is 1.